The predicted molar refractivity (Wildman–Crippen MR) is 109 cm³/mol. The first-order chi connectivity index (χ1) is 14.5. The quantitative estimate of drug-likeness (QED) is 0.411. The van der Waals surface area contributed by atoms with E-state index in [1.807, 2.05) is 6.07 Å². The molecule has 30 heavy (non-hydrogen) atoms. The van der Waals surface area contributed by atoms with Crippen LogP contribution in [0.25, 0.3) is 27.4 Å². The monoisotopic (exact) mass is 421 g/mol. The maximum atomic E-state index is 12.6. The summed E-state index contributed by atoms with van der Waals surface area (Å²) in [6.45, 7) is 1.69. The maximum Gasteiger partial charge on any atom is 0.358 e. The molecule has 9 nitrogen and oxygen atoms in total. The van der Waals surface area contributed by atoms with E-state index in [1.165, 1.54) is 15.9 Å². The van der Waals surface area contributed by atoms with Gasteiger partial charge in [-0.1, -0.05) is 12.1 Å². The Hall–Kier alpha value is -3.79. The highest BCUT2D eigenvalue weighted by atomic mass is 32.1. The van der Waals surface area contributed by atoms with Gasteiger partial charge < -0.3 is 9.15 Å². The Morgan fingerprint density at radius 2 is 2.03 bits per heavy atom. The number of thiazole rings is 1. The van der Waals surface area contributed by atoms with E-state index in [9.17, 15) is 9.59 Å². The maximum absolute atomic E-state index is 12.6. The first-order valence-corrected chi connectivity index (χ1v) is 9.86. The fraction of sp³-hybridized carbons (Fsp3) is 0.150. The van der Waals surface area contributed by atoms with Crippen LogP contribution < -0.4 is 5.56 Å². The van der Waals surface area contributed by atoms with E-state index in [0.717, 1.165) is 4.88 Å². The zero-order valence-electron chi connectivity index (χ0n) is 16.0. The summed E-state index contributed by atoms with van der Waals surface area (Å²) in [5.41, 5.74) is 0.715. The molecule has 5 rings (SSSR count). The van der Waals surface area contributed by atoms with Gasteiger partial charge in [0.15, 0.2) is 28.9 Å². The molecule has 4 heterocycles. The number of nitrogens with zero attached hydrogens (tertiary/aromatic N) is 5. The summed E-state index contributed by atoms with van der Waals surface area (Å²) in [5.74, 6) is 0.810. The smallest absolute Gasteiger partial charge is 0.358 e. The number of carbonyl (C=O) groups excluding carboxylic acids is 1. The molecule has 0 spiro atoms. The SMILES string of the molecule is Cc1sc(-c2ccco2)nc1C(=O)OCc1nnc2n(C)c(=O)c3ccccc3n12. The van der Waals surface area contributed by atoms with Gasteiger partial charge in [-0.05, 0) is 31.2 Å². The minimum Gasteiger partial charge on any atom is -0.462 e. The topological polar surface area (TPSA) is 105 Å². The van der Waals surface area contributed by atoms with Crippen molar-refractivity contribution in [1.82, 2.24) is 24.1 Å². The van der Waals surface area contributed by atoms with Crippen molar-refractivity contribution < 1.29 is 13.9 Å². The van der Waals surface area contributed by atoms with Crippen molar-refractivity contribution in [2.24, 2.45) is 7.05 Å². The van der Waals surface area contributed by atoms with Gasteiger partial charge in [0.25, 0.3) is 5.56 Å². The van der Waals surface area contributed by atoms with Crippen molar-refractivity contribution in [1.29, 1.82) is 0 Å². The molecule has 5 aromatic rings. The number of ether oxygens (including phenoxy) is 1. The second-order valence-electron chi connectivity index (χ2n) is 6.61. The Kier molecular flexibility index (Phi) is 4.21. The summed E-state index contributed by atoms with van der Waals surface area (Å²) in [6.07, 6.45) is 1.55. The van der Waals surface area contributed by atoms with Gasteiger partial charge in [-0.3, -0.25) is 13.8 Å². The van der Waals surface area contributed by atoms with Crippen molar-refractivity contribution >= 4 is 34.0 Å². The van der Waals surface area contributed by atoms with Crippen LogP contribution in [0, 0.1) is 6.92 Å². The second-order valence-corrected chi connectivity index (χ2v) is 7.81. The molecule has 0 radical (unpaired) electrons. The molecule has 0 saturated carbocycles. The Bertz CT molecular complexity index is 1460. The van der Waals surface area contributed by atoms with Gasteiger partial charge in [-0.15, -0.1) is 21.5 Å². The number of carbonyl (C=O) groups is 1. The van der Waals surface area contributed by atoms with Crippen LogP contribution in [0.4, 0.5) is 0 Å². The van der Waals surface area contributed by atoms with Gasteiger partial charge in [0.2, 0.25) is 5.78 Å². The third-order valence-electron chi connectivity index (χ3n) is 4.75. The summed E-state index contributed by atoms with van der Waals surface area (Å²) in [5, 5.41) is 9.35. The van der Waals surface area contributed by atoms with Crippen LogP contribution in [-0.2, 0) is 18.4 Å². The lowest BCUT2D eigenvalue weighted by atomic mass is 10.2. The number of esters is 1. The molecule has 0 unspecified atom stereocenters. The normalized spacial score (nSPS) is 11.4. The highest BCUT2D eigenvalue weighted by Gasteiger charge is 2.21. The van der Waals surface area contributed by atoms with E-state index >= 15 is 0 Å². The van der Waals surface area contributed by atoms with E-state index in [-0.39, 0.29) is 17.9 Å². The van der Waals surface area contributed by atoms with Crippen LogP contribution >= 0.6 is 11.3 Å². The van der Waals surface area contributed by atoms with Crippen LogP contribution in [0.5, 0.6) is 0 Å². The molecular formula is C20H15N5O4S. The van der Waals surface area contributed by atoms with Crippen LogP contribution in [-0.4, -0.2) is 30.1 Å². The number of benzene rings is 1. The molecule has 0 amide bonds. The summed E-state index contributed by atoms with van der Waals surface area (Å²) in [4.78, 5) is 30.2. The van der Waals surface area contributed by atoms with Gasteiger partial charge in [0.05, 0.1) is 17.2 Å². The van der Waals surface area contributed by atoms with E-state index in [1.54, 1.807) is 55.0 Å². The van der Waals surface area contributed by atoms with E-state index < -0.39 is 5.97 Å². The number of fused-ring (bicyclic) bond motifs is 3. The number of aromatic nitrogens is 5. The van der Waals surface area contributed by atoms with Gasteiger partial charge in [0.1, 0.15) is 0 Å². The molecule has 0 saturated heterocycles. The van der Waals surface area contributed by atoms with E-state index in [2.05, 4.69) is 15.2 Å². The number of para-hydroxylation sites is 1. The zero-order chi connectivity index (χ0) is 20.8. The molecule has 10 heteroatoms. The second kappa shape index (κ2) is 6.92. The average Bonchev–Trinajstić information content (AvgIpc) is 3.49. The fourth-order valence-corrected chi connectivity index (χ4v) is 4.14. The lowest BCUT2D eigenvalue weighted by Crippen LogP contribution is -2.20. The number of aryl methyl sites for hydroxylation is 2. The summed E-state index contributed by atoms with van der Waals surface area (Å²) < 4.78 is 13.9. The minimum atomic E-state index is -0.563. The minimum absolute atomic E-state index is 0.116. The van der Waals surface area contributed by atoms with E-state index in [0.29, 0.717) is 33.3 Å². The van der Waals surface area contributed by atoms with Gasteiger partial charge in [-0.2, -0.15) is 0 Å². The molecule has 0 fully saturated rings. The van der Waals surface area contributed by atoms with Crippen molar-refractivity contribution in [2.75, 3.05) is 0 Å². The Morgan fingerprint density at radius 1 is 1.20 bits per heavy atom. The number of furan rings is 1. The van der Waals surface area contributed by atoms with Gasteiger partial charge >= 0.3 is 5.97 Å². The molecule has 150 valence electrons. The Labute approximate surface area is 173 Å². The highest BCUT2D eigenvalue weighted by Crippen LogP contribution is 2.28. The van der Waals surface area contributed by atoms with Crippen molar-refractivity contribution in [3.63, 3.8) is 0 Å². The first-order valence-electron chi connectivity index (χ1n) is 9.05. The third-order valence-corrected chi connectivity index (χ3v) is 5.73. The Morgan fingerprint density at radius 3 is 2.83 bits per heavy atom. The largest absolute Gasteiger partial charge is 0.462 e. The van der Waals surface area contributed by atoms with Gasteiger partial charge in [-0.25, -0.2) is 9.78 Å². The third kappa shape index (κ3) is 2.80. The predicted octanol–water partition coefficient (Wildman–Crippen LogP) is 2.96. The number of rotatable bonds is 4. The molecule has 1 aromatic carbocycles. The molecule has 0 aliphatic rings. The highest BCUT2D eigenvalue weighted by molar-refractivity contribution is 7.15. The first kappa shape index (κ1) is 18.3. The van der Waals surface area contributed by atoms with Gasteiger partial charge in [0, 0.05) is 11.9 Å². The van der Waals surface area contributed by atoms with Crippen molar-refractivity contribution in [2.45, 2.75) is 13.5 Å². The Balaban J connectivity index is 1.48. The number of hydrogen-bond donors (Lipinski definition) is 0. The number of hydrogen-bond acceptors (Lipinski definition) is 8. The summed E-state index contributed by atoms with van der Waals surface area (Å²) in [6, 6.07) is 10.7. The lowest BCUT2D eigenvalue weighted by molar-refractivity contribution is 0.0454. The molecule has 0 N–H and O–H groups in total. The van der Waals surface area contributed by atoms with Crippen LogP contribution in [0.2, 0.25) is 0 Å². The van der Waals surface area contributed by atoms with Crippen LogP contribution in [0.3, 0.4) is 0 Å². The fourth-order valence-electron chi connectivity index (χ4n) is 3.28. The van der Waals surface area contributed by atoms with Crippen LogP contribution in [0.1, 0.15) is 21.2 Å². The van der Waals surface area contributed by atoms with Crippen molar-refractivity contribution in [3.05, 3.63) is 69.4 Å². The average molecular weight is 421 g/mol. The molecule has 0 aliphatic heterocycles. The summed E-state index contributed by atoms with van der Waals surface area (Å²) in [7, 11) is 1.63. The summed E-state index contributed by atoms with van der Waals surface area (Å²) >= 11 is 1.35. The molecule has 4 aromatic heterocycles. The molecule has 0 aliphatic carbocycles. The molecule has 0 bridgehead atoms. The lowest BCUT2D eigenvalue weighted by Gasteiger charge is -2.08. The molecular weight excluding hydrogens is 406 g/mol. The zero-order valence-corrected chi connectivity index (χ0v) is 16.8. The van der Waals surface area contributed by atoms with E-state index in [4.69, 9.17) is 9.15 Å². The molecule has 0 atom stereocenters. The van der Waals surface area contributed by atoms with Crippen molar-refractivity contribution in [3.8, 4) is 10.8 Å². The standard InChI is InChI=1S/C20H15N5O4S/c1-11-16(21-17(30-11)14-8-5-9-28-14)19(27)29-10-15-22-23-20-24(2)18(26)12-6-3-4-7-13(12)25(15)20/h3-9H,10H2,1-2H3. The van der Waals surface area contributed by atoms with Crippen LogP contribution in [0.15, 0.2) is 51.9 Å².